The third-order valence-electron chi connectivity index (χ3n) is 4.00. The van der Waals surface area contributed by atoms with Crippen LogP contribution in [0.25, 0.3) is 0 Å². The van der Waals surface area contributed by atoms with Crippen LogP contribution in [-0.4, -0.2) is 34.2 Å². The van der Waals surface area contributed by atoms with Gasteiger partial charge in [0.2, 0.25) is 17.1 Å². The molecular formula is C15H15NO5. The Kier molecular flexibility index (Phi) is 2.73. The molecular weight excluding hydrogens is 274 g/mol. The molecule has 0 spiro atoms. The van der Waals surface area contributed by atoms with Gasteiger partial charge < -0.3 is 20.3 Å². The molecule has 3 rings (SSSR count). The van der Waals surface area contributed by atoms with Gasteiger partial charge in [0.05, 0.1) is 6.61 Å². The number of fused-ring (bicyclic) bond motifs is 3. The van der Waals surface area contributed by atoms with Crippen LogP contribution in [0.3, 0.4) is 0 Å². The summed E-state index contributed by atoms with van der Waals surface area (Å²) in [6.07, 6.45) is 0. The molecule has 0 amide bonds. The molecule has 0 bridgehead atoms. The Labute approximate surface area is 121 Å². The van der Waals surface area contributed by atoms with Crippen molar-refractivity contribution in [2.45, 2.75) is 25.2 Å². The van der Waals surface area contributed by atoms with Crippen LogP contribution in [0.15, 0.2) is 35.5 Å². The Morgan fingerprint density at radius 1 is 1.33 bits per heavy atom. The average Bonchev–Trinajstić information content (AvgIpc) is 2.75. The number of hydrogen-bond acceptors (Lipinski definition) is 6. The number of ether oxygens (including phenoxy) is 1. The molecule has 2 atom stereocenters. The summed E-state index contributed by atoms with van der Waals surface area (Å²) in [4.78, 5) is 24.7. The van der Waals surface area contributed by atoms with Crippen LogP contribution in [0, 0.1) is 0 Å². The van der Waals surface area contributed by atoms with E-state index in [4.69, 9.17) is 4.74 Å². The molecule has 1 aromatic carbocycles. The SMILES string of the molecule is CCOC(=O)C1=C(C)N[C@]2(O)c3ccccc3C(=O)[C@@]12O. The van der Waals surface area contributed by atoms with Crippen LogP contribution < -0.4 is 5.32 Å². The van der Waals surface area contributed by atoms with Crippen LogP contribution in [0.5, 0.6) is 0 Å². The molecule has 110 valence electrons. The van der Waals surface area contributed by atoms with Crippen LogP contribution >= 0.6 is 0 Å². The van der Waals surface area contributed by atoms with E-state index in [1.807, 2.05) is 0 Å². The van der Waals surface area contributed by atoms with Crippen molar-refractivity contribution in [3.8, 4) is 0 Å². The standard InChI is InChI=1S/C15H15NO5/c1-3-21-13(18)11-8(2)16-15(20)10-7-5-4-6-9(10)12(17)14(11,15)19/h4-7,16,19-20H,3H2,1-2H3/t14-,15-/m0/s1. The highest BCUT2D eigenvalue weighted by Crippen LogP contribution is 2.51. The summed E-state index contributed by atoms with van der Waals surface area (Å²) in [6, 6.07) is 6.32. The Morgan fingerprint density at radius 3 is 2.67 bits per heavy atom. The van der Waals surface area contributed by atoms with E-state index < -0.39 is 23.1 Å². The number of ketones is 1. The summed E-state index contributed by atoms with van der Waals surface area (Å²) in [5, 5.41) is 24.4. The van der Waals surface area contributed by atoms with Gasteiger partial charge in [0.25, 0.3) is 0 Å². The summed E-state index contributed by atoms with van der Waals surface area (Å²) in [6.45, 7) is 3.24. The van der Waals surface area contributed by atoms with Crippen molar-refractivity contribution in [1.29, 1.82) is 0 Å². The Morgan fingerprint density at radius 2 is 2.00 bits per heavy atom. The monoisotopic (exact) mass is 289 g/mol. The number of aliphatic hydroxyl groups is 2. The predicted molar refractivity (Wildman–Crippen MR) is 72.1 cm³/mol. The molecule has 0 fully saturated rings. The van der Waals surface area contributed by atoms with Gasteiger partial charge in [-0.25, -0.2) is 4.79 Å². The summed E-state index contributed by atoms with van der Waals surface area (Å²) < 4.78 is 4.90. The normalized spacial score (nSPS) is 30.0. The largest absolute Gasteiger partial charge is 0.462 e. The van der Waals surface area contributed by atoms with Crippen molar-refractivity contribution in [2.24, 2.45) is 0 Å². The fourth-order valence-corrected chi connectivity index (χ4v) is 3.11. The second-order valence-electron chi connectivity index (χ2n) is 5.14. The lowest BCUT2D eigenvalue weighted by molar-refractivity contribution is -0.146. The lowest BCUT2D eigenvalue weighted by Crippen LogP contribution is -2.56. The summed E-state index contributed by atoms with van der Waals surface area (Å²) >= 11 is 0. The Hall–Kier alpha value is -2.18. The lowest BCUT2D eigenvalue weighted by Gasteiger charge is -2.31. The van der Waals surface area contributed by atoms with Gasteiger partial charge in [-0.1, -0.05) is 24.3 Å². The van der Waals surface area contributed by atoms with E-state index in [0.29, 0.717) is 0 Å². The smallest absolute Gasteiger partial charge is 0.339 e. The van der Waals surface area contributed by atoms with Crippen LogP contribution in [0.2, 0.25) is 0 Å². The van der Waals surface area contributed by atoms with E-state index in [2.05, 4.69) is 5.32 Å². The number of nitrogens with one attached hydrogen (secondary N) is 1. The molecule has 21 heavy (non-hydrogen) atoms. The minimum atomic E-state index is -2.37. The molecule has 1 aliphatic carbocycles. The summed E-state index contributed by atoms with van der Waals surface area (Å²) in [5.74, 6) is -1.53. The topological polar surface area (TPSA) is 95.9 Å². The lowest BCUT2D eigenvalue weighted by atomic mass is 9.85. The minimum absolute atomic E-state index is 0.102. The number of carbonyl (C=O) groups excluding carboxylic acids is 2. The molecule has 1 aliphatic heterocycles. The van der Waals surface area contributed by atoms with Crippen molar-refractivity contribution in [3.63, 3.8) is 0 Å². The first-order valence-corrected chi connectivity index (χ1v) is 6.63. The fraction of sp³-hybridized carbons (Fsp3) is 0.333. The molecule has 0 aromatic heterocycles. The van der Waals surface area contributed by atoms with E-state index in [9.17, 15) is 19.8 Å². The predicted octanol–water partition coefficient (Wildman–Crippen LogP) is 0.199. The van der Waals surface area contributed by atoms with Crippen molar-refractivity contribution in [3.05, 3.63) is 46.7 Å². The highest BCUT2D eigenvalue weighted by atomic mass is 16.5. The van der Waals surface area contributed by atoms with Gasteiger partial charge in [0.1, 0.15) is 5.57 Å². The first-order chi connectivity index (χ1) is 9.88. The first kappa shape index (κ1) is 13.8. The zero-order valence-electron chi connectivity index (χ0n) is 11.6. The molecule has 6 heteroatoms. The van der Waals surface area contributed by atoms with Gasteiger partial charge in [-0.2, -0.15) is 0 Å². The van der Waals surface area contributed by atoms with E-state index in [1.54, 1.807) is 25.1 Å². The molecule has 3 N–H and O–H groups in total. The number of allylic oxidation sites excluding steroid dienone is 1. The fourth-order valence-electron chi connectivity index (χ4n) is 3.11. The highest BCUT2D eigenvalue weighted by Gasteiger charge is 2.70. The highest BCUT2D eigenvalue weighted by molar-refractivity contribution is 6.16. The minimum Gasteiger partial charge on any atom is -0.462 e. The number of carbonyl (C=O) groups is 2. The average molecular weight is 289 g/mol. The number of Topliss-reactive ketones (excluding diaryl/α,β-unsaturated/α-hetero) is 1. The number of hydrogen-bond donors (Lipinski definition) is 3. The van der Waals surface area contributed by atoms with Gasteiger partial charge in [-0.3, -0.25) is 4.79 Å². The van der Waals surface area contributed by atoms with Crippen molar-refractivity contribution < 1.29 is 24.5 Å². The van der Waals surface area contributed by atoms with Crippen LogP contribution in [0.4, 0.5) is 0 Å². The molecule has 0 unspecified atom stereocenters. The molecule has 0 saturated carbocycles. The quantitative estimate of drug-likeness (QED) is 0.673. The number of rotatable bonds is 2. The number of esters is 1. The molecule has 1 heterocycles. The Balaban J connectivity index is 2.21. The third kappa shape index (κ3) is 1.43. The molecule has 6 nitrogen and oxygen atoms in total. The summed E-state index contributed by atoms with van der Waals surface area (Å²) in [5.41, 5.74) is -4.00. The van der Waals surface area contributed by atoms with Gasteiger partial charge >= 0.3 is 5.97 Å². The molecule has 1 aromatic rings. The molecule has 0 saturated heterocycles. The van der Waals surface area contributed by atoms with Crippen molar-refractivity contribution in [1.82, 2.24) is 5.32 Å². The second-order valence-corrected chi connectivity index (χ2v) is 5.14. The molecule has 0 radical (unpaired) electrons. The van der Waals surface area contributed by atoms with E-state index in [1.165, 1.54) is 13.0 Å². The zero-order chi connectivity index (χ0) is 15.4. The van der Waals surface area contributed by atoms with E-state index in [0.717, 1.165) is 0 Å². The van der Waals surface area contributed by atoms with Gasteiger partial charge in [0.15, 0.2) is 0 Å². The van der Waals surface area contributed by atoms with Gasteiger partial charge in [-0.05, 0) is 13.8 Å². The third-order valence-corrected chi connectivity index (χ3v) is 4.00. The van der Waals surface area contributed by atoms with E-state index in [-0.39, 0.29) is 29.0 Å². The Bertz CT molecular complexity index is 695. The molecule has 2 aliphatic rings. The zero-order valence-corrected chi connectivity index (χ0v) is 11.6. The maximum Gasteiger partial charge on any atom is 0.339 e. The number of benzene rings is 1. The maximum atomic E-state index is 12.6. The van der Waals surface area contributed by atoms with Crippen LogP contribution in [-0.2, 0) is 15.3 Å². The van der Waals surface area contributed by atoms with Crippen molar-refractivity contribution >= 4 is 11.8 Å². The summed E-state index contributed by atoms with van der Waals surface area (Å²) in [7, 11) is 0. The van der Waals surface area contributed by atoms with E-state index >= 15 is 0 Å². The van der Waals surface area contributed by atoms with Crippen LogP contribution in [0.1, 0.15) is 29.8 Å². The first-order valence-electron chi connectivity index (χ1n) is 6.63. The van der Waals surface area contributed by atoms with Gasteiger partial charge in [0, 0.05) is 16.8 Å². The van der Waals surface area contributed by atoms with Gasteiger partial charge in [-0.15, -0.1) is 0 Å². The van der Waals surface area contributed by atoms with Crippen molar-refractivity contribution in [2.75, 3.05) is 6.61 Å². The maximum absolute atomic E-state index is 12.6. The second kappa shape index (κ2) is 4.16.